The Balaban J connectivity index is 3.18. The van der Waals surface area contributed by atoms with E-state index in [0.29, 0.717) is 18.5 Å². The van der Waals surface area contributed by atoms with E-state index in [9.17, 15) is 19.2 Å². The van der Waals surface area contributed by atoms with Gasteiger partial charge in [-0.3, -0.25) is 14.4 Å². The van der Waals surface area contributed by atoms with E-state index in [-0.39, 0.29) is 6.54 Å². The third-order valence-electron chi connectivity index (χ3n) is 5.45. The molecule has 1 aromatic carbocycles. The number of carbonyl (C=O) groups is 4. The summed E-state index contributed by atoms with van der Waals surface area (Å²) in [4.78, 5) is 52.3. The van der Waals surface area contributed by atoms with Crippen LogP contribution in [0.15, 0.2) is 30.3 Å². The molecule has 1 aromatic rings. The molecule has 0 saturated heterocycles. The summed E-state index contributed by atoms with van der Waals surface area (Å²) < 4.78 is 9.92. The average molecular weight is 506 g/mol. The number of unbranched alkanes of at least 4 members (excludes halogenated alkanes) is 5. The Bertz CT molecular complexity index is 838. The van der Waals surface area contributed by atoms with Gasteiger partial charge in [0.2, 0.25) is 11.8 Å². The fourth-order valence-electron chi connectivity index (χ4n) is 3.66. The lowest BCUT2D eigenvalue weighted by Crippen LogP contribution is -2.52. The van der Waals surface area contributed by atoms with Crippen molar-refractivity contribution in [3.05, 3.63) is 35.9 Å². The van der Waals surface area contributed by atoms with Crippen molar-refractivity contribution in [2.75, 3.05) is 20.2 Å². The molecule has 0 bridgehead atoms. The zero-order valence-corrected chi connectivity index (χ0v) is 22.6. The SMILES string of the molecule is CCCCCCCCN(C(=O)C(C)NC(=O)OC(C)(C)C)C(C(=O)NCC(=O)OC)c1ccccc1. The van der Waals surface area contributed by atoms with Crippen LogP contribution in [0.2, 0.25) is 0 Å². The number of carbonyl (C=O) groups excluding carboxylic acids is 4. The third-order valence-corrected chi connectivity index (χ3v) is 5.45. The minimum absolute atomic E-state index is 0.316. The molecule has 2 N–H and O–H groups in total. The highest BCUT2D eigenvalue weighted by Crippen LogP contribution is 2.23. The number of esters is 1. The first-order chi connectivity index (χ1) is 17.0. The lowest BCUT2D eigenvalue weighted by Gasteiger charge is -2.33. The van der Waals surface area contributed by atoms with Gasteiger partial charge in [-0.05, 0) is 39.7 Å². The van der Waals surface area contributed by atoms with Gasteiger partial charge in [-0.15, -0.1) is 0 Å². The summed E-state index contributed by atoms with van der Waals surface area (Å²) >= 11 is 0. The van der Waals surface area contributed by atoms with Crippen molar-refractivity contribution in [3.8, 4) is 0 Å². The summed E-state index contributed by atoms with van der Waals surface area (Å²) in [5.41, 5.74) is -0.116. The Morgan fingerprint density at radius 3 is 2.17 bits per heavy atom. The first-order valence-electron chi connectivity index (χ1n) is 12.7. The Morgan fingerprint density at radius 1 is 0.972 bits per heavy atom. The van der Waals surface area contributed by atoms with Gasteiger partial charge >= 0.3 is 12.1 Å². The molecule has 9 heteroatoms. The Labute approximate surface area is 215 Å². The van der Waals surface area contributed by atoms with E-state index in [1.54, 1.807) is 52.0 Å². The summed E-state index contributed by atoms with van der Waals surface area (Å²) in [6.07, 6.45) is 5.33. The van der Waals surface area contributed by atoms with E-state index < -0.39 is 41.6 Å². The zero-order chi connectivity index (χ0) is 27.1. The van der Waals surface area contributed by atoms with Crippen LogP contribution in [0.25, 0.3) is 0 Å². The summed E-state index contributed by atoms with van der Waals surface area (Å²) in [6.45, 7) is 8.93. The first-order valence-corrected chi connectivity index (χ1v) is 12.7. The van der Waals surface area contributed by atoms with Gasteiger partial charge in [-0.2, -0.15) is 0 Å². The molecular weight excluding hydrogens is 462 g/mol. The number of alkyl carbamates (subject to hydrolysis) is 1. The van der Waals surface area contributed by atoms with Crippen LogP contribution in [-0.2, 0) is 23.9 Å². The van der Waals surface area contributed by atoms with Gasteiger partial charge in [0.05, 0.1) is 7.11 Å². The molecule has 0 heterocycles. The molecule has 36 heavy (non-hydrogen) atoms. The van der Waals surface area contributed by atoms with Gasteiger partial charge < -0.3 is 25.0 Å². The molecule has 9 nitrogen and oxygen atoms in total. The number of hydrogen-bond donors (Lipinski definition) is 2. The molecule has 0 radical (unpaired) electrons. The minimum atomic E-state index is -0.984. The molecule has 202 valence electrons. The number of nitrogens with one attached hydrogen (secondary N) is 2. The van der Waals surface area contributed by atoms with E-state index in [4.69, 9.17) is 4.74 Å². The van der Waals surface area contributed by atoms with Crippen molar-refractivity contribution < 1.29 is 28.7 Å². The largest absolute Gasteiger partial charge is 0.468 e. The molecule has 0 aliphatic carbocycles. The normalized spacial score (nSPS) is 12.7. The van der Waals surface area contributed by atoms with Crippen LogP contribution < -0.4 is 10.6 Å². The quantitative estimate of drug-likeness (QED) is 0.290. The zero-order valence-electron chi connectivity index (χ0n) is 22.6. The van der Waals surface area contributed by atoms with Crippen molar-refractivity contribution in [1.82, 2.24) is 15.5 Å². The van der Waals surface area contributed by atoms with Crippen LogP contribution in [0.4, 0.5) is 4.79 Å². The van der Waals surface area contributed by atoms with E-state index in [1.807, 2.05) is 6.07 Å². The fraction of sp³-hybridized carbons (Fsp3) is 0.630. The van der Waals surface area contributed by atoms with Crippen molar-refractivity contribution in [2.24, 2.45) is 0 Å². The predicted molar refractivity (Wildman–Crippen MR) is 138 cm³/mol. The number of hydrogen-bond acceptors (Lipinski definition) is 6. The molecule has 3 amide bonds. The second-order valence-corrected chi connectivity index (χ2v) is 9.77. The van der Waals surface area contributed by atoms with Gasteiger partial charge in [0.25, 0.3) is 0 Å². The van der Waals surface area contributed by atoms with Gasteiger partial charge in [-0.1, -0.05) is 69.4 Å². The van der Waals surface area contributed by atoms with Gasteiger partial charge in [0.15, 0.2) is 0 Å². The maximum absolute atomic E-state index is 13.6. The minimum Gasteiger partial charge on any atom is -0.468 e. The lowest BCUT2D eigenvalue weighted by molar-refractivity contribution is -0.144. The van der Waals surface area contributed by atoms with Crippen LogP contribution in [0.5, 0.6) is 0 Å². The second-order valence-electron chi connectivity index (χ2n) is 9.77. The van der Waals surface area contributed by atoms with Crippen molar-refractivity contribution >= 4 is 23.9 Å². The van der Waals surface area contributed by atoms with Gasteiger partial charge in [0.1, 0.15) is 24.2 Å². The highest BCUT2D eigenvalue weighted by Gasteiger charge is 2.34. The molecule has 2 unspecified atom stereocenters. The highest BCUT2D eigenvalue weighted by atomic mass is 16.6. The first kappa shape index (κ1) is 30.9. The van der Waals surface area contributed by atoms with Crippen LogP contribution in [0.1, 0.15) is 84.7 Å². The Hall–Kier alpha value is -3.10. The summed E-state index contributed by atoms with van der Waals surface area (Å²) in [7, 11) is 1.24. The molecule has 0 aliphatic heterocycles. The number of ether oxygens (including phenoxy) is 2. The van der Waals surface area contributed by atoms with E-state index in [1.165, 1.54) is 12.0 Å². The maximum Gasteiger partial charge on any atom is 0.408 e. The number of nitrogens with zero attached hydrogens (tertiary/aromatic N) is 1. The molecule has 0 saturated carbocycles. The average Bonchev–Trinajstić information content (AvgIpc) is 2.82. The number of amides is 3. The standard InChI is InChI=1S/C27H43N3O6/c1-7-8-9-10-11-15-18-30(25(33)20(2)29-26(34)36-27(3,4)5)23(21-16-13-12-14-17-21)24(32)28-19-22(31)35-6/h12-14,16-17,20,23H,7-11,15,18-19H2,1-6H3,(H,28,32)(H,29,34). The number of benzene rings is 1. The maximum atomic E-state index is 13.6. The monoisotopic (exact) mass is 505 g/mol. The summed E-state index contributed by atoms with van der Waals surface area (Å²) in [5.74, 6) is -1.52. The third kappa shape index (κ3) is 11.6. The second kappa shape index (κ2) is 15.8. The molecule has 0 aliphatic rings. The Kier molecular flexibility index (Phi) is 13.6. The molecule has 0 fully saturated rings. The number of rotatable bonds is 14. The topological polar surface area (TPSA) is 114 Å². The van der Waals surface area contributed by atoms with Crippen LogP contribution in [0.3, 0.4) is 0 Å². The molecular formula is C27H43N3O6. The highest BCUT2D eigenvalue weighted by molar-refractivity contribution is 5.93. The van der Waals surface area contributed by atoms with Crippen molar-refractivity contribution in [3.63, 3.8) is 0 Å². The van der Waals surface area contributed by atoms with Gasteiger partial charge in [-0.25, -0.2) is 4.79 Å². The van der Waals surface area contributed by atoms with E-state index in [2.05, 4.69) is 22.3 Å². The molecule has 2 atom stereocenters. The number of methoxy groups -OCH3 is 1. The smallest absolute Gasteiger partial charge is 0.408 e. The van der Waals surface area contributed by atoms with Crippen LogP contribution in [-0.4, -0.2) is 60.6 Å². The van der Waals surface area contributed by atoms with E-state index >= 15 is 0 Å². The van der Waals surface area contributed by atoms with Crippen molar-refractivity contribution in [2.45, 2.75) is 90.8 Å². The lowest BCUT2D eigenvalue weighted by atomic mass is 10.0. The Morgan fingerprint density at radius 2 is 1.58 bits per heavy atom. The molecule has 1 rings (SSSR count). The predicted octanol–water partition coefficient (Wildman–Crippen LogP) is 4.12. The molecule has 0 aromatic heterocycles. The molecule has 0 spiro atoms. The van der Waals surface area contributed by atoms with E-state index in [0.717, 1.165) is 32.1 Å². The van der Waals surface area contributed by atoms with Crippen molar-refractivity contribution in [1.29, 1.82) is 0 Å². The van der Waals surface area contributed by atoms with Gasteiger partial charge in [0, 0.05) is 6.54 Å². The summed E-state index contributed by atoms with van der Waals surface area (Å²) in [6, 6.07) is 6.99. The van der Waals surface area contributed by atoms with Crippen LogP contribution in [0, 0.1) is 0 Å². The summed E-state index contributed by atoms with van der Waals surface area (Å²) in [5, 5.41) is 5.16. The van der Waals surface area contributed by atoms with Crippen LogP contribution >= 0.6 is 0 Å². The fourth-order valence-corrected chi connectivity index (χ4v) is 3.66.